The molecule has 0 amide bonds. The second-order valence-corrected chi connectivity index (χ2v) is 8.93. The van der Waals surface area contributed by atoms with Crippen LogP contribution >= 0.6 is 0 Å². The van der Waals surface area contributed by atoms with Crippen LogP contribution < -0.4 is 10.6 Å². The Morgan fingerprint density at radius 2 is 1.96 bits per heavy atom. The lowest BCUT2D eigenvalue weighted by molar-refractivity contribution is 0.0931. The highest BCUT2D eigenvalue weighted by Gasteiger charge is 2.14. The van der Waals surface area contributed by atoms with Crippen molar-refractivity contribution in [2.45, 2.75) is 26.9 Å². The lowest BCUT2D eigenvalue weighted by Gasteiger charge is -2.18. The van der Waals surface area contributed by atoms with Gasteiger partial charge in [0.2, 0.25) is 10.0 Å². The Balaban J connectivity index is 2.18. The summed E-state index contributed by atoms with van der Waals surface area (Å²) in [4.78, 5) is 4.19. The molecule has 0 aliphatic rings. The predicted molar refractivity (Wildman–Crippen MR) is 111 cm³/mol. The smallest absolute Gasteiger partial charge is 0.213 e. The van der Waals surface area contributed by atoms with Gasteiger partial charge in [-0.2, -0.15) is 0 Å². The molecule has 27 heavy (non-hydrogen) atoms. The molecule has 1 unspecified atom stereocenters. The molecular weight excluding hydrogens is 364 g/mol. The average Bonchev–Trinajstić information content (AvgIpc) is 2.68. The predicted octanol–water partition coefficient (Wildman–Crippen LogP) is 1.68. The Kier molecular flexibility index (Phi) is 11.0. The Bertz CT molecular complexity index is 650. The second-order valence-electron chi connectivity index (χ2n) is 6.56. The van der Waals surface area contributed by atoms with E-state index in [-0.39, 0.29) is 5.75 Å². The van der Waals surface area contributed by atoms with Crippen LogP contribution in [-0.4, -0.2) is 64.8 Å². The molecule has 0 aromatic heterocycles. The summed E-state index contributed by atoms with van der Waals surface area (Å²) in [6.45, 7) is 6.95. The van der Waals surface area contributed by atoms with Crippen molar-refractivity contribution in [3.63, 3.8) is 0 Å². The third-order valence-corrected chi connectivity index (χ3v) is 6.00. The van der Waals surface area contributed by atoms with Crippen LogP contribution in [0.5, 0.6) is 0 Å². The summed E-state index contributed by atoms with van der Waals surface area (Å²) >= 11 is 0. The Hall–Kier alpha value is -1.64. The molecule has 0 aliphatic heterocycles. The van der Waals surface area contributed by atoms with E-state index in [9.17, 15) is 8.42 Å². The van der Waals surface area contributed by atoms with E-state index in [1.807, 2.05) is 18.2 Å². The van der Waals surface area contributed by atoms with E-state index >= 15 is 0 Å². The Morgan fingerprint density at radius 3 is 2.59 bits per heavy atom. The fourth-order valence-electron chi connectivity index (χ4n) is 2.37. The highest BCUT2D eigenvalue weighted by Crippen LogP contribution is 2.03. The van der Waals surface area contributed by atoms with Crippen molar-refractivity contribution in [2.24, 2.45) is 10.9 Å². The first-order valence-corrected chi connectivity index (χ1v) is 11.0. The summed E-state index contributed by atoms with van der Waals surface area (Å²) in [5.74, 6) is 1.18. The molecule has 154 valence electrons. The van der Waals surface area contributed by atoms with Crippen molar-refractivity contribution in [3.05, 3.63) is 35.9 Å². The van der Waals surface area contributed by atoms with E-state index in [0.717, 1.165) is 6.54 Å². The first-order chi connectivity index (χ1) is 12.9. The molecule has 1 rings (SSSR count). The van der Waals surface area contributed by atoms with Crippen molar-refractivity contribution in [1.82, 2.24) is 14.9 Å². The van der Waals surface area contributed by atoms with Gasteiger partial charge in [0, 0.05) is 33.7 Å². The molecule has 0 heterocycles. The SMILES string of the molecule is CCS(=O)(=O)N(C)CCCNC(=NC)NCC(C)COCc1ccccc1. The summed E-state index contributed by atoms with van der Waals surface area (Å²) in [6, 6.07) is 10.1. The summed E-state index contributed by atoms with van der Waals surface area (Å²) in [6.07, 6.45) is 0.714. The highest BCUT2D eigenvalue weighted by molar-refractivity contribution is 7.89. The van der Waals surface area contributed by atoms with Gasteiger partial charge in [0.15, 0.2) is 5.96 Å². The average molecular weight is 399 g/mol. The van der Waals surface area contributed by atoms with Gasteiger partial charge >= 0.3 is 0 Å². The summed E-state index contributed by atoms with van der Waals surface area (Å²) in [7, 11) is 0.227. The molecule has 8 heteroatoms. The molecule has 1 aromatic carbocycles. The fraction of sp³-hybridized carbons (Fsp3) is 0.632. The number of rotatable bonds is 12. The third-order valence-electron chi connectivity index (χ3n) is 4.14. The molecule has 1 atom stereocenters. The minimum absolute atomic E-state index is 0.129. The molecular formula is C19H34N4O3S. The number of nitrogens with zero attached hydrogens (tertiary/aromatic N) is 2. The number of nitrogens with one attached hydrogen (secondary N) is 2. The summed E-state index contributed by atoms with van der Waals surface area (Å²) < 4.78 is 30.5. The van der Waals surface area contributed by atoms with Crippen LogP contribution in [0.25, 0.3) is 0 Å². The Labute approximate surface area is 164 Å². The zero-order valence-corrected chi connectivity index (χ0v) is 17.8. The minimum atomic E-state index is -3.11. The Morgan fingerprint density at radius 1 is 1.26 bits per heavy atom. The topological polar surface area (TPSA) is 83.0 Å². The first kappa shape index (κ1) is 23.4. The minimum Gasteiger partial charge on any atom is -0.376 e. The monoisotopic (exact) mass is 398 g/mol. The number of hydrogen-bond donors (Lipinski definition) is 2. The van der Waals surface area contributed by atoms with E-state index in [1.54, 1.807) is 21.0 Å². The summed E-state index contributed by atoms with van der Waals surface area (Å²) in [5, 5.41) is 6.48. The lowest BCUT2D eigenvalue weighted by Crippen LogP contribution is -2.41. The molecule has 0 fully saturated rings. The maximum atomic E-state index is 11.7. The molecule has 0 saturated heterocycles. The van der Waals surface area contributed by atoms with Gasteiger partial charge in [-0.3, -0.25) is 4.99 Å². The maximum Gasteiger partial charge on any atom is 0.213 e. The largest absolute Gasteiger partial charge is 0.376 e. The molecule has 7 nitrogen and oxygen atoms in total. The van der Waals surface area contributed by atoms with Crippen molar-refractivity contribution < 1.29 is 13.2 Å². The van der Waals surface area contributed by atoms with Crippen molar-refractivity contribution in [3.8, 4) is 0 Å². The van der Waals surface area contributed by atoms with Gasteiger partial charge in [0.25, 0.3) is 0 Å². The fourth-order valence-corrected chi connectivity index (χ4v) is 3.22. The van der Waals surface area contributed by atoms with E-state index in [4.69, 9.17) is 4.74 Å². The first-order valence-electron chi connectivity index (χ1n) is 9.39. The lowest BCUT2D eigenvalue weighted by atomic mass is 10.2. The van der Waals surface area contributed by atoms with Gasteiger partial charge in [0.05, 0.1) is 19.0 Å². The zero-order valence-electron chi connectivity index (χ0n) is 16.9. The van der Waals surface area contributed by atoms with E-state index in [1.165, 1.54) is 9.87 Å². The van der Waals surface area contributed by atoms with Crippen LogP contribution in [-0.2, 0) is 21.4 Å². The van der Waals surface area contributed by atoms with Gasteiger partial charge in [0.1, 0.15) is 0 Å². The molecule has 0 saturated carbocycles. The van der Waals surface area contributed by atoms with Crippen LogP contribution in [0.4, 0.5) is 0 Å². The van der Waals surface area contributed by atoms with Crippen molar-refractivity contribution >= 4 is 16.0 Å². The number of ether oxygens (including phenoxy) is 1. The number of benzene rings is 1. The third kappa shape index (κ3) is 9.74. The second kappa shape index (κ2) is 12.7. The van der Waals surface area contributed by atoms with Crippen molar-refractivity contribution in [2.75, 3.05) is 46.1 Å². The zero-order chi connectivity index (χ0) is 20.1. The maximum absolute atomic E-state index is 11.7. The van der Waals surface area contributed by atoms with Crippen LogP contribution in [0.2, 0.25) is 0 Å². The normalized spacial score (nSPS) is 13.6. The molecule has 0 spiro atoms. The quantitative estimate of drug-likeness (QED) is 0.318. The van der Waals surface area contributed by atoms with E-state index in [0.29, 0.717) is 44.6 Å². The van der Waals surface area contributed by atoms with Crippen LogP contribution in [0.1, 0.15) is 25.8 Å². The summed E-state index contributed by atoms with van der Waals surface area (Å²) in [5.41, 5.74) is 1.17. The number of sulfonamides is 1. The molecule has 2 N–H and O–H groups in total. The van der Waals surface area contributed by atoms with Crippen LogP contribution in [0.15, 0.2) is 35.3 Å². The standard InChI is InChI=1S/C19H34N4O3S/c1-5-27(24,25)23(4)13-9-12-21-19(20-3)22-14-17(2)15-26-16-18-10-7-6-8-11-18/h6-8,10-11,17H,5,9,12-16H2,1-4H3,(H2,20,21,22). The number of hydrogen-bond acceptors (Lipinski definition) is 4. The van der Waals surface area contributed by atoms with Crippen LogP contribution in [0.3, 0.4) is 0 Å². The van der Waals surface area contributed by atoms with Gasteiger partial charge < -0.3 is 15.4 Å². The number of guanidine groups is 1. The molecule has 0 bridgehead atoms. The van der Waals surface area contributed by atoms with Crippen LogP contribution in [0, 0.1) is 5.92 Å². The van der Waals surface area contributed by atoms with Gasteiger partial charge in [-0.1, -0.05) is 37.3 Å². The van der Waals surface area contributed by atoms with Gasteiger partial charge in [-0.05, 0) is 24.8 Å². The van der Waals surface area contributed by atoms with E-state index < -0.39 is 10.0 Å². The van der Waals surface area contributed by atoms with Crippen molar-refractivity contribution in [1.29, 1.82) is 0 Å². The number of aliphatic imine (C=N–C) groups is 1. The van der Waals surface area contributed by atoms with Gasteiger partial charge in [-0.15, -0.1) is 0 Å². The van der Waals surface area contributed by atoms with E-state index in [2.05, 4.69) is 34.7 Å². The molecule has 1 aromatic rings. The molecule has 0 radical (unpaired) electrons. The molecule has 0 aliphatic carbocycles. The highest BCUT2D eigenvalue weighted by atomic mass is 32.2. The van der Waals surface area contributed by atoms with Gasteiger partial charge in [-0.25, -0.2) is 12.7 Å².